The topological polar surface area (TPSA) is 3.24 Å². The van der Waals surface area contributed by atoms with Gasteiger partial charge in [-0.15, -0.1) is 0 Å². The summed E-state index contributed by atoms with van der Waals surface area (Å²) in [6.45, 7) is 0. The van der Waals surface area contributed by atoms with Gasteiger partial charge in [0.15, 0.2) is 0 Å². The second-order valence-corrected chi connectivity index (χ2v) is 13.9. The van der Waals surface area contributed by atoms with Crippen molar-refractivity contribution in [2.24, 2.45) is 17.8 Å². The van der Waals surface area contributed by atoms with Crippen LogP contribution < -0.4 is 4.90 Å². The molecule has 0 N–H and O–H groups in total. The van der Waals surface area contributed by atoms with Crippen LogP contribution in [0.15, 0.2) is 210 Å². The standard InChI is InChI=1S/C48H37N/c1-4-16-32(17-5-1)35-28-29-41(37-23-11-10-22-36(35)37)48-40-26-13-12-25-39(40)47(33-18-6-2-7-19-33)44-31-46-42(30-43(44)48)38-24-14-15-27-45(38)49(46)34-20-8-3-9-21-34/h1-25,27-29,31,37,40-42H,26,30H2. The minimum Gasteiger partial charge on any atom is -0.313 e. The van der Waals surface area contributed by atoms with Crippen LogP contribution in [0, 0.1) is 17.8 Å². The molecule has 10 rings (SSSR count). The van der Waals surface area contributed by atoms with Gasteiger partial charge in [-0.05, 0) is 87.2 Å². The monoisotopic (exact) mass is 627 g/mol. The quantitative estimate of drug-likeness (QED) is 0.218. The fourth-order valence-corrected chi connectivity index (χ4v) is 9.37. The Labute approximate surface area is 289 Å². The lowest BCUT2D eigenvalue weighted by molar-refractivity contribution is 0.526. The maximum Gasteiger partial charge on any atom is 0.0497 e. The molecule has 234 valence electrons. The predicted octanol–water partition coefficient (Wildman–Crippen LogP) is 11.9. The number of anilines is 2. The number of fused-ring (bicyclic) bond motifs is 6. The lowest BCUT2D eigenvalue weighted by Crippen LogP contribution is -2.31. The largest absolute Gasteiger partial charge is 0.313 e. The molecule has 0 radical (unpaired) electrons. The SMILES string of the molecule is C1=CCC2C(=C1)C(c1ccccc1)=C1C=C3C(CC1=C2C1C=CC(c2ccccc2)=C2C=CC=CC21)c1ccccc1N3c1ccccc1. The Balaban J connectivity index is 1.23. The Morgan fingerprint density at radius 3 is 2.14 bits per heavy atom. The van der Waals surface area contributed by atoms with Crippen molar-refractivity contribution in [2.45, 2.75) is 18.8 Å². The number of hydrogen-bond donors (Lipinski definition) is 0. The van der Waals surface area contributed by atoms with Gasteiger partial charge in [0.2, 0.25) is 0 Å². The van der Waals surface area contributed by atoms with Crippen molar-refractivity contribution in [1.29, 1.82) is 0 Å². The van der Waals surface area contributed by atoms with Crippen LogP contribution in [0.2, 0.25) is 0 Å². The maximum atomic E-state index is 2.57. The van der Waals surface area contributed by atoms with Crippen LogP contribution in [0.1, 0.15) is 35.4 Å². The molecule has 0 saturated carbocycles. The summed E-state index contributed by atoms with van der Waals surface area (Å²) in [5.74, 6) is 1.21. The molecule has 0 bridgehead atoms. The van der Waals surface area contributed by atoms with E-state index in [0.717, 1.165) is 12.8 Å². The number of hydrogen-bond acceptors (Lipinski definition) is 1. The highest BCUT2D eigenvalue weighted by Gasteiger charge is 2.45. The Hall–Kier alpha value is -5.66. The van der Waals surface area contributed by atoms with Gasteiger partial charge in [-0.25, -0.2) is 0 Å². The lowest BCUT2D eigenvalue weighted by Gasteiger charge is -2.43. The fourth-order valence-electron chi connectivity index (χ4n) is 9.37. The summed E-state index contributed by atoms with van der Waals surface area (Å²) in [4.78, 5) is 2.52. The molecule has 0 amide bonds. The maximum absolute atomic E-state index is 2.57. The molecule has 6 aliphatic rings. The molecule has 4 unspecified atom stereocenters. The van der Waals surface area contributed by atoms with Crippen LogP contribution in [0.25, 0.3) is 11.1 Å². The first-order valence-electron chi connectivity index (χ1n) is 17.7. The van der Waals surface area contributed by atoms with E-state index in [-0.39, 0.29) is 5.92 Å². The minimum absolute atomic E-state index is 0.280. The number of allylic oxidation sites excluding steroid dienone is 18. The van der Waals surface area contributed by atoms with E-state index >= 15 is 0 Å². The van der Waals surface area contributed by atoms with Gasteiger partial charge in [-0.1, -0.05) is 157 Å². The summed E-state index contributed by atoms with van der Waals surface area (Å²) < 4.78 is 0. The first-order chi connectivity index (χ1) is 24.3. The van der Waals surface area contributed by atoms with Gasteiger partial charge in [0.1, 0.15) is 0 Å². The van der Waals surface area contributed by atoms with Crippen molar-refractivity contribution in [3.05, 3.63) is 226 Å². The number of rotatable bonds is 4. The molecule has 1 heterocycles. The summed E-state index contributed by atoms with van der Waals surface area (Å²) in [6, 6.07) is 42.1. The van der Waals surface area contributed by atoms with E-state index in [1.54, 1.807) is 11.1 Å². The molecule has 5 aliphatic carbocycles. The second-order valence-electron chi connectivity index (χ2n) is 13.9. The molecule has 4 aromatic carbocycles. The summed E-state index contributed by atoms with van der Waals surface area (Å²) in [5, 5.41) is 0. The highest BCUT2D eigenvalue weighted by atomic mass is 15.2. The number of nitrogens with zero attached hydrogens (tertiary/aromatic N) is 1. The smallest absolute Gasteiger partial charge is 0.0497 e. The van der Waals surface area contributed by atoms with Gasteiger partial charge in [-0.3, -0.25) is 0 Å². The summed E-state index contributed by atoms with van der Waals surface area (Å²) in [5.41, 5.74) is 18.2. The predicted molar refractivity (Wildman–Crippen MR) is 204 cm³/mol. The third-order valence-electron chi connectivity index (χ3n) is 11.4. The highest BCUT2D eigenvalue weighted by molar-refractivity contribution is 5.93. The van der Waals surface area contributed by atoms with Gasteiger partial charge < -0.3 is 4.90 Å². The molecule has 0 saturated heterocycles. The molecule has 4 aromatic rings. The van der Waals surface area contributed by atoms with Gasteiger partial charge in [0, 0.05) is 40.7 Å². The van der Waals surface area contributed by atoms with Gasteiger partial charge in [-0.2, -0.15) is 0 Å². The van der Waals surface area contributed by atoms with Crippen molar-refractivity contribution >= 4 is 22.5 Å². The van der Waals surface area contributed by atoms with Crippen LogP contribution in [0.5, 0.6) is 0 Å². The Bertz CT molecular complexity index is 2270. The zero-order valence-corrected chi connectivity index (χ0v) is 27.4. The number of para-hydroxylation sites is 2. The molecular formula is C48H37N. The van der Waals surface area contributed by atoms with Crippen molar-refractivity contribution in [3.63, 3.8) is 0 Å². The highest BCUT2D eigenvalue weighted by Crippen LogP contribution is 2.60. The molecular weight excluding hydrogens is 591 g/mol. The van der Waals surface area contributed by atoms with Crippen molar-refractivity contribution in [1.82, 2.24) is 0 Å². The lowest BCUT2D eigenvalue weighted by atomic mass is 9.60. The third kappa shape index (κ3) is 4.46. The Morgan fingerprint density at radius 2 is 1.33 bits per heavy atom. The molecule has 0 aromatic heterocycles. The molecule has 1 nitrogen and oxygen atoms in total. The van der Waals surface area contributed by atoms with E-state index < -0.39 is 0 Å². The molecule has 0 fully saturated rings. The average molecular weight is 628 g/mol. The van der Waals surface area contributed by atoms with Crippen molar-refractivity contribution in [2.75, 3.05) is 4.90 Å². The molecule has 49 heavy (non-hydrogen) atoms. The van der Waals surface area contributed by atoms with Crippen LogP contribution in [0.4, 0.5) is 11.4 Å². The van der Waals surface area contributed by atoms with E-state index in [4.69, 9.17) is 0 Å². The minimum atomic E-state index is 0.280. The van der Waals surface area contributed by atoms with Gasteiger partial charge >= 0.3 is 0 Å². The van der Waals surface area contributed by atoms with Crippen LogP contribution in [0.3, 0.4) is 0 Å². The molecule has 0 spiro atoms. The first kappa shape index (κ1) is 28.4. The second kappa shape index (κ2) is 11.5. The van der Waals surface area contributed by atoms with Crippen LogP contribution in [-0.4, -0.2) is 0 Å². The number of benzene rings is 4. The van der Waals surface area contributed by atoms with E-state index in [2.05, 4.69) is 181 Å². The van der Waals surface area contributed by atoms with Crippen molar-refractivity contribution in [3.8, 4) is 0 Å². The summed E-state index contributed by atoms with van der Waals surface area (Å²) >= 11 is 0. The van der Waals surface area contributed by atoms with E-state index in [9.17, 15) is 0 Å². The Morgan fingerprint density at radius 1 is 0.592 bits per heavy atom. The average Bonchev–Trinajstić information content (AvgIpc) is 3.50. The fraction of sp³-hybridized carbons (Fsp3) is 0.125. The van der Waals surface area contributed by atoms with Crippen LogP contribution in [-0.2, 0) is 0 Å². The Kier molecular flexibility index (Phi) is 6.65. The van der Waals surface area contributed by atoms with Gasteiger partial charge in [0.25, 0.3) is 0 Å². The van der Waals surface area contributed by atoms with Gasteiger partial charge in [0.05, 0.1) is 0 Å². The third-order valence-corrected chi connectivity index (χ3v) is 11.4. The van der Waals surface area contributed by atoms with E-state index in [1.807, 2.05) is 0 Å². The summed E-state index contributed by atoms with van der Waals surface area (Å²) in [7, 11) is 0. The van der Waals surface area contributed by atoms with E-state index in [0.29, 0.717) is 17.8 Å². The summed E-state index contributed by atoms with van der Waals surface area (Å²) in [6.07, 6.45) is 26.0. The first-order valence-corrected chi connectivity index (χ1v) is 17.7. The zero-order chi connectivity index (χ0) is 32.3. The normalized spacial score (nSPS) is 24.6. The van der Waals surface area contributed by atoms with Crippen molar-refractivity contribution < 1.29 is 0 Å². The van der Waals surface area contributed by atoms with E-state index in [1.165, 1.54) is 61.6 Å². The van der Waals surface area contributed by atoms with Crippen LogP contribution >= 0.6 is 0 Å². The zero-order valence-electron chi connectivity index (χ0n) is 27.4. The molecule has 1 aliphatic heterocycles. The molecule has 1 heteroatoms. The molecule has 4 atom stereocenters.